The van der Waals surface area contributed by atoms with Gasteiger partial charge in [0, 0.05) is 16.7 Å². The van der Waals surface area contributed by atoms with E-state index in [1.807, 2.05) is 26.0 Å². The van der Waals surface area contributed by atoms with Crippen LogP contribution >= 0.6 is 22.6 Å². The molecule has 0 atom stereocenters. The average Bonchev–Trinajstić information content (AvgIpc) is 2.62. The van der Waals surface area contributed by atoms with Crippen LogP contribution in [0.2, 0.25) is 0 Å². The Labute approximate surface area is 162 Å². The van der Waals surface area contributed by atoms with Crippen LogP contribution in [0.15, 0.2) is 59.5 Å². The summed E-state index contributed by atoms with van der Waals surface area (Å²) >= 11 is 2.16. The Morgan fingerprint density at radius 2 is 1.52 bits per heavy atom. The summed E-state index contributed by atoms with van der Waals surface area (Å²) in [5.74, 6) is -0.219. The quantitative estimate of drug-likeness (QED) is 0.581. The van der Waals surface area contributed by atoms with Crippen LogP contribution in [0.1, 0.15) is 13.8 Å². The number of halogens is 1. The molecule has 2 aromatic carbocycles. The van der Waals surface area contributed by atoms with Gasteiger partial charge < -0.3 is 4.90 Å². The van der Waals surface area contributed by atoms with Gasteiger partial charge in [-0.1, -0.05) is 18.2 Å². The lowest BCUT2D eigenvalue weighted by Gasteiger charge is -2.27. The van der Waals surface area contributed by atoms with Crippen LogP contribution in [0.25, 0.3) is 0 Å². The number of carbonyl (C=O) groups excluding carboxylic acids is 1. The molecule has 0 aliphatic rings. The van der Waals surface area contributed by atoms with E-state index >= 15 is 0 Å². The van der Waals surface area contributed by atoms with Gasteiger partial charge in [0.2, 0.25) is 5.91 Å². The Hall–Kier alpha value is -1.61. The van der Waals surface area contributed by atoms with E-state index in [9.17, 15) is 13.2 Å². The summed E-state index contributed by atoms with van der Waals surface area (Å²) < 4.78 is 28.4. The second-order valence-electron chi connectivity index (χ2n) is 5.37. The zero-order chi connectivity index (χ0) is 18.4. The smallest absolute Gasteiger partial charge is 0.264 e. The molecule has 5 nitrogen and oxygen atoms in total. The molecule has 7 heteroatoms. The van der Waals surface area contributed by atoms with Crippen molar-refractivity contribution in [3.63, 3.8) is 0 Å². The Morgan fingerprint density at radius 3 is 2.04 bits per heavy atom. The van der Waals surface area contributed by atoms with Gasteiger partial charge in [0.05, 0.1) is 10.6 Å². The van der Waals surface area contributed by atoms with Crippen molar-refractivity contribution in [1.82, 2.24) is 4.90 Å². The number of rotatable bonds is 7. The first-order chi connectivity index (χ1) is 11.9. The van der Waals surface area contributed by atoms with Crippen LogP contribution in [-0.2, 0) is 14.8 Å². The fraction of sp³-hybridized carbons (Fsp3) is 0.278. The monoisotopic (exact) mass is 472 g/mol. The second kappa shape index (κ2) is 8.66. The fourth-order valence-corrected chi connectivity index (χ4v) is 4.24. The number of benzene rings is 2. The van der Waals surface area contributed by atoms with E-state index in [2.05, 4.69) is 22.6 Å². The summed E-state index contributed by atoms with van der Waals surface area (Å²) in [6.07, 6.45) is 0. The number of hydrogen-bond donors (Lipinski definition) is 0. The molecule has 0 heterocycles. The Balaban J connectivity index is 2.45. The lowest BCUT2D eigenvalue weighted by Crippen LogP contribution is -2.43. The largest absolute Gasteiger partial charge is 0.342 e. The van der Waals surface area contributed by atoms with Gasteiger partial charge in [-0.3, -0.25) is 9.10 Å². The van der Waals surface area contributed by atoms with Gasteiger partial charge in [-0.15, -0.1) is 0 Å². The van der Waals surface area contributed by atoms with Gasteiger partial charge in [-0.05, 0) is 72.8 Å². The zero-order valence-corrected chi connectivity index (χ0v) is 17.2. The van der Waals surface area contributed by atoms with Crippen molar-refractivity contribution in [3.05, 3.63) is 58.2 Å². The van der Waals surface area contributed by atoms with Crippen molar-refractivity contribution in [1.29, 1.82) is 0 Å². The van der Waals surface area contributed by atoms with E-state index in [0.717, 1.165) is 3.57 Å². The number of hydrogen-bond acceptors (Lipinski definition) is 3. The maximum Gasteiger partial charge on any atom is 0.264 e. The van der Waals surface area contributed by atoms with Crippen LogP contribution in [0.3, 0.4) is 0 Å². The summed E-state index contributed by atoms with van der Waals surface area (Å²) in [7, 11) is -3.83. The van der Waals surface area contributed by atoms with Gasteiger partial charge >= 0.3 is 0 Å². The average molecular weight is 472 g/mol. The van der Waals surface area contributed by atoms with E-state index in [0.29, 0.717) is 18.8 Å². The van der Waals surface area contributed by atoms with Gasteiger partial charge in [-0.2, -0.15) is 0 Å². The first kappa shape index (κ1) is 19.7. The molecule has 0 aliphatic heterocycles. The van der Waals surface area contributed by atoms with Crippen molar-refractivity contribution in [2.45, 2.75) is 18.7 Å². The first-order valence-corrected chi connectivity index (χ1v) is 10.5. The highest BCUT2D eigenvalue weighted by atomic mass is 127. The molecular weight excluding hydrogens is 451 g/mol. The summed E-state index contributed by atoms with van der Waals surface area (Å²) in [5.41, 5.74) is 0.477. The molecule has 0 fully saturated rings. The summed E-state index contributed by atoms with van der Waals surface area (Å²) in [6.45, 7) is 4.62. The van der Waals surface area contributed by atoms with Gasteiger partial charge in [-0.25, -0.2) is 8.42 Å². The molecule has 25 heavy (non-hydrogen) atoms. The second-order valence-corrected chi connectivity index (χ2v) is 8.48. The summed E-state index contributed by atoms with van der Waals surface area (Å²) in [6, 6.07) is 15.3. The van der Waals surface area contributed by atoms with Crippen molar-refractivity contribution in [2.24, 2.45) is 0 Å². The Bertz CT molecular complexity index is 804. The maximum absolute atomic E-state index is 13.1. The fourth-order valence-electron chi connectivity index (χ4n) is 2.44. The molecule has 134 valence electrons. The number of nitrogens with zero attached hydrogens (tertiary/aromatic N) is 2. The predicted molar refractivity (Wildman–Crippen MR) is 108 cm³/mol. The van der Waals surface area contributed by atoms with Crippen LogP contribution in [0.5, 0.6) is 0 Å². The number of sulfonamides is 1. The highest BCUT2D eigenvalue weighted by molar-refractivity contribution is 14.1. The summed E-state index contributed by atoms with van der Waals surface area (Å²) in [4.78, 5) is 14.3. The van der Waals surface area contributed by atoms with E-state index in [1.54, 1.807) is 35.2 Å². The molecule has 0 spiro atoms. The molecule has 0 bridgehead atoms. The normalized spacial score (nSPS) is 11.2. The molecular formula is C18H21IN2O3S. The lowest BCUT2D eigenvalue weighted by atomic mass is 10.3. The number of carbonyl (C=O) groups is 1. The Kier molecular flexibility index (Phi) is 6.83. The summed E-state index contributed by atoms with van der Waals surface area (Å²) in [5, 5.41) is 0. The third kappa shape index (κ3) is 4.72. The highest BCUT2D eigenvalue weighted by Crippen LogP contribution is 2.24. The molecule has 0 radical (unpaired) electrons. The van der Waals surface area contributed by atoms with E-state index in [-0.39, 0.29) is 17.3 Å². The molecule has 0 unspecified atom stereocenters. The SMILES string of the molecule is CCN(CC)C(=O)CN(c1ccc(I)cc1)S(=O)(=O)c1ccccc1. The number of anilines is 1. The molecule has 0 saturated carbocycles. The zero-order valence-electron chi connectivity index (χ0n) is 14.2. The van der Waals surface area contributed by atoms with Gasteiger partial charge in [0.15, 0.2) is 0 Å². The molecule has 0 N–H and O–H groups in total. The van der Waals surface area contributed by atoms with Crippen LogP contribution in [0.4, 0.5) is 5.69 Å². The van der Waals surface area contributed by atoms with E-state index < -0.39 is 10.0 Å². The number of amides is 1. The minimum Gasteiger partial charge on any atom is -0.342 e. The molecule has 2 rings (SSSR count). The minimum absolute atomic E-state index is 0.167. The third-order valence-corrected chi connectivity index (χ3v) is 6.35. The standard InChI is InChI=1S/C18H21IN2O3S/c1-3-20(4-2)18(22)14-21(16-12-10-15(19)11-13-16)25(23,24)17-8-6-5-7-9-17/h5-13H,3-4,14H2,1-2H3. The van der Waals surface area contributed by atoms with E-state index in [4.69, 9.17) is 0 Å². The third-order valence-electron chi connectivity index (χ3n) is 3.84. The van der Waals surface area contributed by atoms with Crippen molar-refractivity contribution in [2.75, 3.05) is 23.9 Å². The topological polar surface area (TPSA) is 57.7 Å². The minimum atomic E-state index is -3.83. The van der Waals surface area contributed by atoms with Gasteiger partial charge in [0.25, 0.3) is 10.0 Å². The van der Waals surface area contributed by atoms with E-state index in [1.165, 1.54) is 16.4 Å². The van der Waals surface area contributed by atoms with Crippen LogP contribution in [0, 0.1) is 3.57 Å². The molecule has 1 amide bonds. The van der Waals surface area contributed by atoms with Gasteiger partial charge in [0.1, 0.15) is 6.54 Å². The predicted octanol–water partition coefficient (Wildman–Crippen LogP) is 3.35. The molecule has 2 aromatic rings. The lowest BCUT2D eigenvalue weighted by molar-refractivity contribution is -0.129. The highest BCUT2D eigenvalue weighted by Gasteiger charge is 2.28. The van der Waals surface area contributed by atoms with Crippen molar-refractivity contribution < 1.29 is 13.2 Å². The molecule has 0 saturated heterocycles. The first-order valence-electron chi connectivity index (χ1n) is 8.01. The maximum atomic E-state index is 13.1. The molecule has 0 aliphatic carbocycles. The molecule has 0 aromatic heterocycles. The Morgan fingerprint density at radius 1 is 0.960 bits per heavy atom. The number of likely N-dealkylation sites (N-methyl/N-ethyl adjacent to an activating group) is 1. The van der Waals surface area contributed by atoms with Crippen molar-refractivity contribution >= 4 is 44.2 Å². The van der Waals surface area contributed by atoms with Crippen molar-refractivity contribution in [3.8, 4) is 0 Å². The van der Waals surface area contributed by atoms with Crippen LogP contribution in [-0.4, -0.2) is 38.9 Å². The van der Waals surface area contributed by atoms with Crippen LogP contribution < -0.4 is 4.31 Å².